The van der Waals surface area contributed by atoms with Gasteiger partial charge in [0.2, 0.25) is 0 Å². The molecule has 10 heteroatoms. The quantitative estimate of drug-likeness (QED) is 0.384. The van der Waals surface area contributed by atoms with E-state index in [0.717, 1.165) is 11.8 Å². The molecular formula is C24H26ClN5O3S. The summed E-state index contributed by atoms with van der Waals surface area (Å²) in [6.07, 6.45) is 2.40. The Bertz CT molecular complexity index is 1180. The molecule has 178 valence electrons. The Morgan fingerprint density at radius 2 is 1.68 bits per heavy atom. The van der Waals surface area contributed by atoms with Crippen LogP contribution in [0.5, 0.6) is 0 Å². The maximum Gasteiger partial charge on any atom is 0.317 e. The Morgan fingerprint density at radius 1 is 0.971 bits per heavy atom. The number of para-hydroxylation sites is 1. The van der Waals surface area contributed by atoms with Crippen molar-refractivity contribution in [2.24, 2.45) is 0 Å². The third-order valence-corrected chi connectivity index (χ3v) is 7.00. The number of hydrogen-bond acceptors (Lipinski definition) is 4. The van der Waals surface area contributed by atoms with Crippen molar-refractivity contribution < 1.29 is 13.8 Å². The predicted octanol–water partition coefficient (Wildman–Crippen LogP) is 3.47. The van der Waals surface area contributed by atoms with Crippen LogP contribution in [0, 0.1) is 0 Å². The number of amides is 3. The van der Waals surface area contributed by atoms with Gasteiger partial charge in [-0.1, -0.05) is 18.2 Å². The van der Waals surface area contributed by atoms with Gasteiger partial charge >= 0.3 is 6.03 Å². The molecule has 2 N–H and O–H groups in total. The number of alkyl halides is 1. The van der Waals surface area contributed by atoms with Gasteiger partial charge in [0.15, 0.2) is 11.0 Å². The molecule has 3 amide bonds. The molecule has 0 bridgehead atoms. The van der Waals surface area contributed by atoms with E-state index in [0.29, 0.717) is 60.3 Å². The fourth-order valence-electron chi connectivity index (χ4n) is 3.74. The number of benzene rings is 2. The lowest BCUT2D eigenvalue weighted by Crippen LogP contribution is -2.53. The van der Waals surface area contributed by atoms with E-state index in [1.54, 1.807) is 46.3 Å². The fraction of sp³-hybridized carbons (Fsp3) is 0.292. The first-order valence-electron chi connectivity index (χ1n) is 11.1. The number of urea groups is 1. The SMILES string of the molecule is O=C(NCCCCl)N1CCN(C(=O)c2ccc(NS(=O)c3cccc4cccnc34)cc2)CC1. The average Bonchev–Trinajstić information content (AvgIpc) is 2.88. The van der Waals surface area contributed by atoms with E-state index >= 15 is 0 Å². The molecule has 0 saturated carbocycles. The summed E-state index contributed by atoms with van der Waals surface area (Å²) >= 11 is 5.64. The number of pyridine rings is 1. The zero-order valence-electron chi connectivity index (χ0n) is 18.6. The number of fused-ring (bicyclic) bond motifs is 1. The predicted molar refractivity (Wildman–Crippen MR) is 134 cm³/mol. The van der Waals surface area contributed by atoms with Crippen LogP contribution in [0.1, 0.15) is 16.8 Å². The molecule has 1 aliphatic rings. The van der Waals surface area contributed by atoms with E-state index in [-0.39, 0.29) is 11.9 Å². The zero-order chi connectivity index (χ0) is 23.9. The third-order valence-electron chi connectivity index (χ3n) is 5.58. The molecular weight excluding hydrogens is 474 g/mol. The van der Waals surface area contributed by atoms with Crippen LogP contribution in [-0.2, 0) is 11.0 Å². The van der Waals surface area contributed by atoms with Crippen LogP contribution in [0.3, 0.4) is 0 Å². The van der Waals surface area contributed by atoms with E-state index in [1.165, 1.54) is 0 Å². The van der Waals surface area contributed by atoms with Crippen molar-refractivity contribution >= 4 is 51.1 Å². The fourth-order valence-corrected chi connectivity index (χ4v) is 4.88. The van der Waals surface area contributed by atoms with Gasteiger partial charge in [-0.05, 0) is 42.8 Å². The molecule has 0 aliphatic carbocycles. The molecule has 8 nitrogen and oxygen atoms in total. The standard InChI is InChI=1S/C24H26ClN5O3S/c25-11-3-13-27-24(32)30-16-14-29(15-17-30)23(31)19-7-9-20(10-8-19)28-34(33)21-6-1-4-18-5-2-12-26-22(18)21/h1-2,4-10,12,28H,3,11,13-17H2,(H,27,32). The summed E-state index contributed by atoms with van der Waals surface area (Å²) < 4.78 is 15.9. The largest absolute Gasteiger partial charge is 0.338 e. The van der Waals surface area contributed by atoms with Gasteiger partial charge in [0.25, 0.3) is 5.91 Å². The molecule has 0 spiro atoms. The number of nitrogens with zero attached hydrogens (tertiary/aromatic N) is 3. The van der Waals surface area contributed by atoms with Crippen molar-refractivity contribution in [2.75, 3.05) is 43.3 Å². The highest BCUT2D eigenvalue weighted by atomic mass is 35.5. The molecule has 1 unspecified atom stereocenters. The summed E-state index contributed by atoms with van der Waals surface area (Å²) in [4.78, 5) is 33.4. The second-order valence-electron chi connectivity index (χ2n) is 7.83. The van der Waals surface area contributed by atoms with E-state index in [9.17, 15) is 13.8 Å². The van der Waals surface area contributed by atoms with E-state index in [2.05, 4.69) is 15.0 Å². The minimum atomic E-state index is -1.50. The molecule has 1 atom stereocenters. The van der Waals surface area contributed by atoms with E-state index in [1.807, 2.05) is 24.3 Å². The molecule has 34 heavy (non-hydrogen) atoms. The van der Waals surface area contributed by atoms with E-state index < -0.39 is 11.0 Å². The third kappa shape index (κ3) is 5.66. The number of aromatic nitrogens is 1. The minimum absolute atomic E-state index is 0.0897. The van der Waals surface area contributed by atoms with Gasteiger partial charge in [0.05, 0.1) is 10.4 Å². The average molecular weight is 500 g/mol. The second-order valence-corrected chi connectivity index (χ2v) is 9.39. The number of halogens is 1. The van der Waals surface area contributed by atoms with Gasteiger partial charge in [-0.25, -0.2) is 9.00 Å². The normalized spacial score (nSPS) is 14.6. The van der Waals surface area contributed by atoms with Gasteiger partial charge in [0.1, 0.15) is 0 Å². The number of carbonyl (C=O) groups is 2. The smallest absolute Gasteiger partial charge is 0.317 e. The van der Waals surface area contributed by atoms with Crippen molar-refractivity contribution in [3.8, 4) is 0 Å². The number of anilines is 1. The van der Waals surface area contributed by atoms with Crippen LogP contribution in [0.2, 0.25) is 0 Å². The molecule has 0 radical (unpaired) electrons. The van der Waals surface area contributed by atoms with Gasteiger partial charge in [0, 0.05) is 61.4 Å². The lowest BCUT2D eigenvalue weighted by Gasteiger charge is -2.34. The first-order valence-corrected chi connectivity index (χ1v) is 12.8. The second kappa shape index (κ2) is 11.3. The lowest BCUT2D eigenvalue weighted by molar-refractivity contribution is 0.0665. The molecule has 1 fully saturated rings. The van der Waals surface area contributed by atoms with Crippen LogP contribution in [0.25, 0.3) is 10.9 Å². The maximum atomic E-state index is 12.9. The summed E-state index contributed by atoms with van der Waals surface area (Å²) in [6.45, 7) is 2.45. The molecule has 1 aromatic heterocycles. The number of hydrogen-bond donors (Lipinski definition) is 2. The zero-order valence-corrected chi connectivity index (χ0v) is 20.1. The first-order chi connectivity index (χ1) is 16.6. The van der Waals surface area contributed by atoms with Crippen molar-refractivity contribution in [2.45, 2.75) is 11.3 Å². The van der Waals surface area contributed by atoms with Gasteiger partial charge in [-0.15, -0.1) is 11.6 Å². The van der Waals surface area contributed by atoms with Gasteiger partial charge < -0.3 is 19.8 Å². The van der Waals surface area contributed by atoms with E-state index in [4.69, 9.17) is 11.6 Å². The molecule has 3 aromatic rings. The molecule has 4 rings (SSSR count). The van der Waals surface area contributed by atoms with Crippen LogP contribution in [0.4, 0.5) is 10.5 Å². The monoisotopic (exact) mass is 499 g/mol. The maximum absolute atomic E-state index is 12.9. The highest BCUT2D eigenvalue weighted by Crippen LogP contribution is 2.21. The van der Waals surface area contributed by atoms with Crippen LogP contribution >= 0.6 is 11.6 Å². The van der Waals surface area contributed by atoms with Crippen molar-refractivity contribution in [3.63, 3.8) is 0 Å². The van der Waals surface area contributed by atoms with Crippen molar-refractivity contribution in [3.05, 3.63) is 66.4 Å². The first kappa shape index (κ1) is 24.0. The summed E-state index contributed by atoms with van der Waals surface area (Å²) in [7, 11) is -1.50. The number of carbonyl (C=O) groups excluding carboxylic acids is 2. The molecule has 1 aliphatic heterocycles. The number of nitrogens with one attached hydrogen (secondary N) is 2. The van der Waals surface area contributed by atoms with Crippen LogP contribution < -0.4 is 10.0 Å². The lowest BCUT2D eigenvalue weighted by atomic mass is 10.1. The summed E-state index contributed by atoms with van der Waals surface area (Å²) in [5.74, 6) is 0.417. The summed E-state index contributed by atoms with van der Waals surface area (Å²) in [5.41, 5.74) is 1.87. The van der Waals surface area contributed by atoms with Crippen molar-refractivity contribution in [1.29, 1.82) is 0 Å². The molecule has 1 saturated heterocycles. The van der Waals surface area contributed by atoms with Gasteiger partial charge in [-0.2, -0.15) is 0 Å². The van der Waals surface area contributed by atoms with Crippen molar-refractivity contribution in [1.82, 2.24) is 20.1 Å². The van der Waals surface area contributed by atoms with Crippen LogP contribution in [0.15, 0.2) is 65.7 Å². The Kier molecular flexibility index (Phi) is 7.97. The Hall–Kier alpha value is -3.17. The Labute approximate surface area is 205 Å². The number of rotatable bonds is 7. The Balaban J connectivity index is 1.33. The molecule has 2 heterocycles. The Morgan fingerprint density at radius 3 is 2.41 bits per heavy atom. The molecule has 2 aromatic carbocycles. The highest BCUT2D eigenvalue weighted by molar-refractivity contribution is 7.86. The summed E-state index contributed by atoms with van der Waals surface area (Å²) in [6, 6.07) is 16.1. The topological polar surface area (TPSA) is 94.6 Å². The summed E-state index contributed by atoms with van der Waals surface area (Å²) in [5, 5.41) is 3.76. The number of piperazine rings is 1. The van der Waals surface area contributed by atoms with Crippen LogP contribution in [-0.4, -0.2) is 69.5 Å². The van der Waals surface area contributed by atoms with Gasteiger partial charge in [-0.3, -0.25) is 9.78 Å². The minimum Gasteiger partial charge on any atom is -0.338 e. The highest BCUT2D eigenvalue weighted by Gasteiger charge is 2.24.